The van der Waals surface area contributed by atoms with Crippen molar-refractivity contribution in [2.24, 2.45) is 0 Å². The van der Waals surface area contributed by atoms with E-state index in [1.54, 1.807) is 0 Å². The Morgan fingerprint density at radius 1 is 1.57 bits per heavy atom. The van der Waals surface area contributed by atoms with Crippen molar-refractivity contribution in [1.82, 2.24) is 10.6 Å². The zero-order chi connectivity index (χ0) is 10.6. The van der Waals surface area contributed by atoms with Crippen molar-refractivity contribution in [3.8, 4) is 0 Å². The molecule has 14 heavy (non-hydrogen) atoms. The number of rotatable bonds is 4. The molecule has 6 nitrogen and oxygen atoms in total. The monoisotopic (exact) mass is 222 g/mol. The molecule has 1 fully saturated rings. The molecule has 1 amide bonds. The van der Waals surface area contributed by atoms with Crippen molar-refractivity contribution in [2.45, 2.75) is 18.9 Å². The summed E-state index contributed by atoms with van der Waals surface area (Å²) in [6, 6.07) is -0.212. The average Bonchev–Trinajstić information content (AvgIpc) is 2.53. The van der Waals surface area contributed by atoms with Crippen molar-refractivity contribution in [3.63, 3.8) is 0 Å². The minimum atomic E-state index is -3.98. The maximum atomic E-state index is 11.3. The van der Waals surface area contributed by atoms with Crippen molar-refractivity contribution >= 4 is 16.0 Å². The summed E-state index contributed by atoms with van der Waals surface area (Å²) in [6.07, 6.45) is 1.73. The number of nitrogens with one attached hydrogen (secondary N) is 2. The van der Waals surface area contributed by atoms with Crippen molar-refractivity contribution in [2.75, 3.05) is 18.8 Å². The Bertz CT molecular complexity index is 295. The minimum Gasteiger partial charge on any atom is -0.354 e. The summed E-state index contributed by atoms with van der Waals surface area (Å²) in [5.74, 6) is -0.642. The van der Waals surface area contributed by atoms with Crippen molar-refractivity contribution < 1.29 is 17.8 Å². The third kappa shape index (κ3) is 4.03. The Kier molecular flexibility index (Phi) is 3.85. The molecule has 1 saturated heterocycles. The first kappa shape index (κ1) is 11.4. The van der Waals surface area contributed by atoms with Gasteiger partial charge in [-0.3, -0.25) is 9.35 Å². The molecule has 0 aromatic heterocycles. The van der Waals surface area contributed by atoms with Crippen LogP contribution in [0.3, 0.4) is 0 Å². The molecule has 1 atom stereocenters. The first-order chi connectivity index (χ1) is 6.49. The molecular weight excluding hydrogens is 208 g/mol. The summed E-state index contributed by atoms with van der Waals surface area (Å²) in [5.41, 5.74) is 0. The maximum Gasteiger partial charge on any atom is 0.266 e. The number of carbonyl (C=O) groups excluding carboxylic acids is 1. The predicted octanol–water partition coefficient (Wildman–Crippen LogP) is -1.26. The molecule has 0 aromatic carbocycles. The third-order valence-electron chi connectivity index (χ3n) is 2.04. The van der Waals surface area contributed by atoms with E-state index in [-0.39, 0.29) is 18.5 Å². The van der Waals surface area contributed by atoms with Gasteiger partial charge in [-0.25, -0.2) is 0 Å². The van der Waals surface area contributed by atoms with E-state index in [1.165, 1.54) is 0 Å². The van der Waals surface area contributed by atoms with Crippen LogP contribution in [-0.2, 0) is 14.9 Å². The molecule has 0 aliphatic carbocycles. The fourth-order valence-electron chi connectivity index (χ4n) is 1.33. The van der Waals surface area contributed by atoms with Crippen LogP contribution in [0.25, 0.3) is 0 Å². The molecule has 0 aromatic rings. The van der Waals surface area contributed by atoms with Crippen LogP contribution in [0, 0.1) is 0 Å². The van der Waals surface area contributed by atoms with Gasteiger partial charge in [0, 0.05) is 6.54 Å². The fourth-order valence-corrected chi connectivity index (χ4v) is 1.69. The van der Waals surface area contributed by atoms with Gasteiger partial charge in [0.2, 0.25) is 5.91 Å². The molecule has 3 N–H and O–H groups in total. The van der Waals surface area contributed by atoms with E-state index in [0.29, 0.717) is 0 Å². The second kappa shape index (κ2) is 4.72. The van der Waals surface area contributed by atoms with Gasteiger partial charge in [0.15, 0.2) is 0 Å². The standard InChI is InChI=1S/C7H14N2O4S/c10-7(6-2-1-3-8-6)9-4-5-14(11,12)13/h6,8H,1-5H2,(H,9,10)(H,11,12,13). The molecule has 7 heteroatoms. The van der Waals surface area contributed by atoms with E-state index in [9.17, 15) is 13.2 Å². The Morgan fingerprint density at radius 2 is 2.29 bits per heavy atom. The van der Waals surface area contributed by atoms with Gasteiger partial charge in [-0.2, -0.15) is 8.42 Å². The SMILES string of the molecule is O=C(NCCS(=O)(=O)O)C1CCCN1. The lowest BCUT2D eigenvalue weighted by Crippen LogP contribution is -2.41. The van der Waals surface area contributed by atoms with Crippen LogP contribution >= 0.6 is 0 Å². The topological polar surface area (TPSA) is 95.5 Å². The number of hydrogen-bond donors (Lipinski definition) is 3. The van der Waals surface area contributed by atoms with Gasteiger partial charge >= 0.3 is 0 Å². The molecule has 1 unspecified atom stereocenters. The van der Waals surface area contributed by atoms with Gasteiger partial charge < -0.3 is 10.6 Å². The summed E-state index contributed by atoms with van der Waals surface area (Å²) in [4.78, 5) is 11.3. The summed E-state index contributed by atoms with van der Waals surface area (Å²) in [6.45, 7) is 0.770. The van der Waals surface area contributed by atoms with Crippen LogP contribution in [-0.4, -0.2) is 43.8 Å². The second-order valence-electron chi connectivity index (χ2n) is 3.23. The van der Waals surface area contributed by atoms with Crippen LogP contribution in [0.1, 0.15) is 12.8 Å². The van der Waals surface area contributed by atoms with Crippen LogP contribution < -0.4 is 10.6 Å². The molecule has 0 radical (unpaired) electrons. The van der Waals surface area contributed by atoms with E-state index in [0.717, 1.165) is 19.4 Å². The molecule has 1 aliphatic rings. The highest BCUT2D eigenvalue weighted by Gasteiger charge is 2.21. The Labute approximate surface area is 82.8 Å². The zero-order valence-electron chi connectivity index (χ0n) is 7.69. The van der Waals surface area contributed by atoms with Crippen LogP contribution in [0.4, 0.5) is 0 Å². The quantitative estimate of drug-likeness (QED) is 0.516. The number of carbonyl (C=O) groups is 1. The van der Waals surface area contributed by atoms with Gasteiger partial charge in [-0.15, -0.1) is 0 Å². The maximum absolute atomic E-state index is 11.3. The lowest BCUT2D eigenvalue weighted by Gasteiger charge is -2.09. The first-order valence-electron chi connectivity index (χ1n) is 4.45. The summed E-state index contributed by atoms with van der Waals surface area (Å²) in [5, 5.41) is 5.42. The van der Waals surface area contributed by atoms with Crippen molar-refractivity contribution in [1.29, 1.82) is 0 Å². The number of hydrogen-bond acceptors (Lipinski definition) is 4. The van der Waals surface area contributed by atoms with Gasteiger partial charge in [-0.05, 0) is 19.4 Å². The molecule has 0 saturated carbocycles. The molecule has 1 heterocycles. The van der Waals surface area contributed by atoms with Gasteiger partial charge in [0.25, 0.3) is 10.1 Å². The lowest BCUT2D eigenvalue weighted by molar-refractivity contribution is -0.122. The summed E-state index contributed by atoms with van der Waals surface area (Å²) >= 11 is 0. The highest BCUT2D eigenvalue weighted by atomic mass is 32.2. The Balaban J connectivity index is 2.21. The minimum absolute atomic E-state index is 0.0458. The smallest absolute Gasteiger partial charge is 0.266 e. The molecule has 1 aliphatic heterocycles. The van der Waals surface area contributed by atoms with E-state index < -0.39 is 15.9 Å². The first-order valence-corrected chi connectivity index (χ1v) is 6.06. The molecule has 82 valence electrons. The third-order valence-corrected chi connectivity index (χ3v) is 2.76. The molecular formula is C7H14N2O4S. The van der Waals surface area contributed by atoms with Crippen LogP contribution in [0.5, 0.6) is 0 Å². The van der Waals surface area contributed by atoms with Gasteiger partial charge in [0.05, 0.1) is 11.8 Å². The summed E-state index contributed by atoms with van der Waals surface area (Å²) in [7, 11) is -3.98. The normalized spacial score (nSPS) is 22.2. The van der Waals surface area contributed by atoms with Gasteiger partial charge in [0.1, 0.15) is 0 Å². The average molecular weight is 222 g/mol. The zero-order valence-corrected chi connectivity index (χ0v) is 8.51. The highest BCUT2D eigenvalue weighted by Crippen LogP contribution is 2.03. The Hall–Kier alpha value is -0.660. The lowest BCUT2D eigenvalue weighted by atomic mass is 10.2. The second-order valence-corrected chi connectivity index (χ2v) is 4.80. The largest absolute Gasteiger partial charge is 0.354 e. The predicted molar refractivity (Wildman–Crippen MR) is 50.5 cm³/mol. The molecule has 0 bridgehead atoms. The molecule has 0 spiro atoms. The van der Waals surface area contributed by atoms with Crippen molar-refractivity contribution in [3.05, 3.63) is 0 Å². The molecule has 1 rings (SSSR count). The van der Waals surface area contributed by atoms with E-state index in [2.05, 4.69) is 10.6 Å². The fraction of sp³-hybridized carbons (Fsp3) is 0.857. The van der Waals surface area contributed by atoms with Crippen LogP contribution in [0.2, 0.25) is 0 Å². The van der Waals surface area contributed by atoms with Crippen LogP contribution in [0.15, 0.2) is 0 Å². The Morgan fingerprint density at radius 3 is 2.79 bits per heavy atom. The van der Waals surface area contributed by atoms with Gasteiger partial charge in [-0.1, -0.05) is 0 Å². The van der Waals surface area contributed by atoms with E-state index in [1.807, 2.05) is 0 Å². The summed E-state index contributed by atoms with van der Waals surface area (Å²) < 4.78 is 29.0. The van der Waals surface area contributed by atoms with E-state index in [4.69, 9.17) is 4.55 Å². The van der Waals surface area contributed by atoms with E-state index >= 15 is 0 Å². The number of amides is 1. The highest BCUT2D eigenvalue weighted by molar-refractivity contribution is 7.85.